The van der Waals surface area contributed by atoms with Gasteiger partial charge in [0, 0.05) is 35.8 Å². The van der Waals surface area contributed by atoms with E-state index >= 15 is 0 Å². The van der Waals surface area contributed by atoms with Gasteiger partial charge in [0.05, 0.1) is 11.6 Å². The van der Waals surface area contributed by atoms with Gasteiger partial charge >= 0.3 is 0 Å². The molecule has 3 rings (SSSR count). The molecular weight excluding hydrogens is 382 g/mol. The number of rotatable bonds is 8. The number of pyridine rings is 1. The average Bonchev–Trinajstić information content (AvgIpc) is 3.17. The first-order valence-electron chi connectivity index (χ1n) is 8.73. The molecule has 0 bridgehead atoms. The molecule has 27 heavy (non-hydrogen) atoms. The van der Waals surface area contributed by atoms with Crippen molar-refractivity contribution in [1.82, 2.24) is 15.3 Å². The number of amides is 1. The van der Waals surface area contributed by atoms with E-state index in [9.17, 15) is 4.79 Å². The molecule has 0 fully saturated rings. The van der Waals surface area contributed by atoms with E-state index in [4.69, 9.17) is 16.3 Å². The van der Waals surface area contributed by atoms with E-state index in [0.717, 1.165) is 23.4 Å². The lowest BCUT2D eigenvalue weighted by molar-refractivity contribution is 0.0950. The molecule has 140 valence electrons. The van der Waals surface area contributed by atoms with E-state index < -0.39 is 0 Å². The van der Waals surface area contributed by atoms with Gasteiger partial charge in [-0.1, -0.05) is 24.6 Å². The van der Waals surface area contributed by atoms with Crippen LogP contribution in [0.2, 0.25) is 5.02 Å². The predicted molar refractivity (Wildman–Crippen MR) is 109 cm³/mol. The Hall–Kier alpha value is -2.44. The number of carbonyl (C=O) groups is 1. The summed E-state index contributed by atoms with van der Waals surface area (Å²) in [6, 6.07) is 11.2. The van der Waals surface area contributed by atoms with Crippen LogP contribution in [0, 0.1) is 0 Å². The van der Waals surface area contributed by atoms with Crippen molar-refractivity contribution < 1.29 is 9.53 Å². The maximum Gasteiger partial charge on any atom is 0.270 e. The Morgan fingerprint density at radius 1 is 1.30 bits per heavy atom. The highest BCUT2D eigenvalue weighted by molar-refractivity contribution is 7.13. The van der Waals surface area contributed by atoms with Gasteiger partial charge < -0.3 is 10.1 Å². The molecule has 2 heterocycles. The summed E-state index contributed by atoms with van der Waals surface area (Å²) < 4.78 is 5.58. The topological polar surface area (TPSA) is 64.1 Å². The van der Waals surface area contributed by atoms with Crippen molar-refractivity contribution in [2.75, 3.05) is 13.2 Å². The Morgan fingerprint density at radius 2 is 2.19 bits per heavy atom. The Balaban J connectivity index is 1.61. The van der Waals surface area contributed by atoms with Crippen LogP contribution in [0.4, 0.5) is 0 Å². The van der Waals surface area contributed by atoms with Crippen LogP contribution in [0.25, 0.3) is 10.6 Å². The van der Waals surface area contributed by atoms with Crippen LogP contribution in [0.15, 0.2) is 48.0 Å². The smallest absolute Gasteiger partial charge is 0.270 e. The van der Waals surface area contributed by atoms with Gasteiger partial charge in [-0.15, -0.1) is 11.3 Å². The number of hydrogen-bond acceptors (Lipinski definition) is 5. The summed E-state index contributed by atoms with van der Waals surface area (Å²) in [6.45, 7) is 3.21. The van der Waals surface area contributed by atoms with E-state index in [2.05, 4.69) is 22.2 Å². The zero-order valence-electron chi connectivity index (χ0n) is 14.9. The van der Waals surface area contributed by atoms with Gasteiger partial charge in [-0.05, 0) is 36.8 Å². The van der Waals surface area contributed by atoms with E-state index in [1.807, 2.05) is 30.3 Å². The highest BCUT2D eigenvalue weighted by atomic mass is 35.5. The summed E-state index contributed by atoms with van der Waals surface area (Å²) in [7, 11) is 0. The number of thiazole rings is 1. The SMILES string of the molecule is CCCOc1ccc(-c2nc(C(=O)NCCc3ccccn3)cs2)c(Cl)c1. The zero-order valence-corrected chi connectivity index (χ0v) is 16.5. The molecule has 1 N–H and O–H groups in total. The van der Waals surface area contributed by atoms with Gasteiger partial charge in [0.2, 0.25) is 0 Å². The van der Waals surface area contributed by atoms with Gasteiger partial charge in [-0.3, -0.25) is 9.78 Å². The van der Waals surface area contributed by atoms with Crippen LogP contribution < -0.4 is 10.1 Å². The summed E-state index contributed by atoms with van der Waals surface area (Å²) in [5.74, 6) is 0.530. The van der Waals surface area contributed by atoms with Crippen molar-refractivity contribution in [2.24, 2.45) is 0 Å². The standard InChI is InChI=1S/C20H20ClN3O2S/c1-2-11-26-15-6-7-16(17(21)12-15)20-24-18(13-27-20)19(25)23-10-8-14-5-3-4-9-22-14/h3-7,9,12-13H,2,8,10-11H2,1H3,(H,23,25). The first-order chi connectivity index (χ1) is 13.2. The number of aromatic nitrogens is 2. The third-order valence-electron chi connectivity index (χ3n) is 3.77. The van der Waals surface area contributed by atoms with Gasteiger partial charge in [0.1, 0.15) is 16.5 Å². The van der Waals surface area contributed by atoms with Crippen LogP contribution in [0.1, 0.15) is 29.5 Å². The number of hydrogen-bond donors (Lipinski definition) is 1. The number of benzene rings is 1. The summed E-state index contributed by atoms with van der Waals surface area (Å²) in [6.07, 6.45) is 3.35. The molecule has 3 aromatic rings. The minimum Gasteiger partial charge on any atom is -0.494 e. The van der Waals surface area contributed by atoms with Crippen LogP contribution >= 0.6 is 22.9 Å². The Morgan fingerprint density at radius 3 is 2.93 bits per heavy atom. The Labute approximate surface area is 167 Å². The molecule has 0 saturated heterocycles. The van der Waals surface area contributed by atoms with Gasteiger partial charge in [-0.25, -0.2) is 4.98 Å². The second kappa shape index (κ2) is 9.48. The molecule has 0 aliphatic rings. The molecule has 0 atom stereocenters. The largest absolute Gasteiger partial charge is 0.494 e. The highest BCUT2D eigenvalue weighted by Gasteiger charge is 2.14. The molecule has 0 unspecified atom stereocenters. The molecule has 0 aliphatic heterocycles. The van der Waals surface area contributed by atoms with E-state index in [1.165, 1.54) is 11.3 Å². The zero-order chi connectivity index (χ0) is 19.1. The highest BCUT2D eigenvalue weighted by Crippen LogP contribution is 2.33. The van der Waals surface area contributed by atoms with Gasteiger partial charge in [-0.2, -0.15) is 0 Å². The monoisotopic (exact) mass is 401 g/mol. The van der Waals surface area contributed by atoms with Crippen molar-refractivity contribution in [2.45, 2.75) is 19.8 Å². The van der Waals surface area contributed by atoms with Crippen molar-refractivity contribution in [1.29, 1.82) is 0 Å². The second-order valence-electron chi connectivity index (χ2n) is 5.85. The molecule has 0 radical (unpaired) electrons. The predicted octanol–water partition coefficient (Wildman–Crippen LogP) is 4.62. The number of nitrogens with one attached hydrogen (secondary N) is 1. The molecular formula is C20H20ClN3O2S. The lowest BCUT2D eigenvalue weighted by atomic mass is 10.2. The van der Waals surface area contributed by atoms with Crippen molar-refractivity contribution in [3.63, 3.8) is 0 Å². The Bertz CT molecular complexity index is 899. The minimum absolute atomic E-state index is 0.201. The molecule has 5 nitrogen and oxygen atoms in total. The third kappa shape index (κ3) is 5.28. The first kappa shape index (κ1) is 19.3. The molecule has 7 heteroatoms. The fourth-order valence-electron chi connectivity index (χ4n) is 2.42. The normalized spacial score (nSPS) is 10.6. The van der Waals surface area contributed by atoms with Crippen molar-refractivity contribution in [3.05, 3.63) is 64.4 Å². The van der Waals surface area contributed by atoms with Gasteiger partial charge in [0.15, 0.2) is 0 Å². The molecule has 1 amide bonds. The Kier molecular flexibility index (Phi) is 6.79. The maximum absolute atomic E-state index is 12.3. The van der Waals surface area contributed by atoms with Crippen LogP contribution in [-0.2, 0) is 6.42 Å². The van der Waals surface area contributed by atoms with E-state index in [1.54, 1.807) is 17.6 Å². The lowest BCUT2D eigenvalue weighted by Gasteiger charge is -2.07. The fraction of sp³-hybridized carbons (Fsp3) is 0.250. The first-order valence-corrected chi connectivity index (χ1v) is 9.99. The molecule has 0 aliphatic carbocycles. The summed E-state index contributed by atoms with van der Waals surface area (Å²) in [5.41, 5.74) is 2.12. The quantitative estimate of drug-likeness (QED) is 0.598. The maximum atomic E-state index is 12.3. The lowest BCUT2D eigenvalue weighted by Crippen LogP contribution is -2.26. The molecule has 0 saturated carbocycles. The second-order valence-corrected chi connectivity index (χ2v) is 7.12. The van der Waals surface area contributed by atoms with Crippen molar-refractivity contribution >= 4 is 28.8 Å². The molecule has 0 spiro atoms. The number of ether oxygens (including phenoxy) is 1. The number of carbonyl (C=O) groups excluding carboxylic acids is 1. The third-order valence-corrected chi connectivity index (χ3v) is 4.96. The fourth-order valence-corrected chi connectivity index (χ4v) is 3.58. The van der Waals surface area contributed by atoms with E-state index in [-0.39, 0.29) is 5.91 Å². The van der Waals surface area contributed by atoms with Crippen LogP contribution in [-0.4, -0.2) is 29.0 Å². The number of halogens is 1. The van der Waals surface area contributed by atoms with Crippen LogP contribution in [0.5, 0.6) is 5.75 Å². The summed E-state index contributed by atoms with van der Waals surface area (Å²) in [5, 5.41) is 5.87. The van der Waals surface area contributed by atoms with Crippen LogP contribution in [0.3, 0.4) is 0 Å². The van der Waals surface area contributed by atoms with E-state index in [0.29, 0.717) is 35.3 Å². The molecule has 2 aromatic heterocycles. The molecule has 1 aromatic carbocycles. The minimum atomic E-state index is -0.201. The van der Waals surface area contributed by atoms with Gasteiger partial charge in [0.25, 0.3) is 5.91 Å². The number of nitrogens with zero attached hydrogens (tertiary/aromatic N) is 2. The summed E-state index contributed by atoms with van der Waals surface area (Å²) in [4.78, 5) is 21.0. The summed E-state index contributed by atoms with van der Waals surface area (Å²) >= 11 is 7.75. The van der Waals surface area contributed by atoms with Crippen molar-refractivity contribution in [3.8, 4) is 16.3 Å². The average molecular weight is 402 g/mol.